The fraction of sp³-hybridized carbons (Fsp3) is 0.286. The minimum atomic E-state index is -0.728. The molecule has 0 fully saturated rings. The molecule has 7 nitrogen and oxygen atoms in total. The molecule has 0 unspecified atom stereocenters. The zero-order chi connectivity index (χ0) is 21.3. The first-order valence-corrected chi connectivity index (χ1v) is 9.52. The molecule has 0 amide bonds. The van der Waals surface area contributed by atoms with Crippen molar-refractivity contribution in [3.05, 3.63) is 70.6 Å². The van der Waals surface area contributed by atoms with Crippen LogP contribution in [0.4, 0.5) is 14.7 Å². The number of aryl methyl sites for hydroxylation is 1. The molecule has 1 aliphatic rings. The number of pyridine rings is 1. The van der Waals surface area contributed by atoms with E-state index in [1.54, 1.807) is 19.2 Å². The van der Waals surface area contributed by atoms with Crippen molar-refractivity contribution in [3.8, 4) is 0 Å². The number of carbonyl (C=O) groups excluding carboxylic acids is 1. The van der Waals surface area contributed by atoms with E-state index < -0.39 is 17.4 Å². The zero-order valence-corrected chi connectivity index (χ0v) is 16.6. The molecule has 0 N–H and O–H groups in total. The van der Waals surface area contributed by atoms with Crippen LogP contribution >= 0.6 is 0 Å². The number of nitrogens with zero attached hydrogens (tertiary/aromatic N) is 6. The predicted molar refractivity (Wildman–Crippen MR) is 107 cm³/mol. The fourth-order valence-corrected chi connectivity index (χ4v) is 3.43. The van der Waals surface area contributed by atoms with Gasteiger partial charge in [0, 0.05) is 36.8 Å². The van der Waals surface area contributed by atoms with Gasteiger partial charge in [-0.05, 0) is 48.4 Å². The minimum absolute atomic E-state index is 0.232. The van der Waals surface area contributed by atoms with Gasteiger partial charge in [0.05, 0.1) is 12.7 Å². The Morgan fingerprint density at radius 2 is 1.93 bits per heavy atom. The molecule has 0 bridgehead atoms. The third-order valence-electron chi connectivity index (χ3n) is 5.20. The highest BCUT2D eigenvalue weighted by Crippen LogP contribution is 2.27. The van der Waals surface area contributed by atoms with E-state index in [2.05, 4.69) is 27.3 Å². The molecule has 0 aliphatic carbocycles. The standard InChI is InChI=1S/C21H20F2N6O/c1-13-8-9-29(21-25-27-28(2)26-21)12-16(13)19-7-6-14(11-24-19)20(30)10-15-17(22)4-3-5-18(15)23/h3-7,11H,8-10,12H2,1-2H3. The maximum Gasteiger partial charge on any atom is 0.266 e. The van der Waals surface area contributed by atoms with Crippen molar-refractivity contribution >= 4 is 17.3 Å². The van der Waals surface area contributed by atoms with Crippen molar-refractivity contribution in [2.45, 2.75) is 19.8 Å². The maximum atomic E-state index is 13.8. The van der Waals surface area contributed by atoms with Crippen molar-refractivity contribution in [2.75, 3.05) is 18.0 Å². The third kappa shape index (κ3) is 3.96. The molecule has 9 heteroatoms. The van der Waals surface area contributed by atoms with E-state index in [0.717, 1.165) is 36.4 Å². The van der Waals surface area contributed by atoms with E-state index in [-0.39, 0.29) is 12.0 Å². The van der Waals surface area contributed by atoms with Gasteiger partial charge in [0.15, 0.2) is 5.78 Å². The van der Waals surface area contributed by atoms with Crippen LogP contribution in [0.25, 0.3) is 5.57 Å². The number of hydrogen-bond acceptors (Lipinski definition) is 6. The number of ketones is 1. The largest absolute Gasteiger partial charge is 0.333 e. The topological polar surface area (TPSA) is 76.8 Å². The number of halogens is 2. The molecule has 0 radical (unpaired) electrons. The molecular formula is C21H20F2N6O. The Labute approximate surface area is 172 Å². The second-order valence-electron chi connectivity index (χ2n) is 7.24. The van der Waals surface area contributed by atoms with Crippen LogP contribution in [0.1, 0.15) is 35.0 Å². The van der Waals surface area contributed by atoms with Crippen LogP contribution in [0.2, 0.25) is 0 Å². The summed E-state index contributed by atoms with van der Waals surface area (Å²) in [5.74, 6) is -1.29. The maximum absolute atomic E-state index is 13.8. The predicted octanol–water partition coefficient (Wildman–Crippen LogP) is 2.99. The first-order chi connectivity index (χ1) is 14.4. The SMILES string of the molecule is CC1=C(c2ccc(C(=O)Cc3c(F)cccc3F)cn2)CN(c2nnn(C)n2)CC1. The molecule has 154 valence electrons. The van der Waals surface area contributed by atoms with Gasteiger partial charge in [-0.1, -0.05) is 16.7 Å². The lowest BCUT2D eigenvalue weighted by Crippen LogP contribution is -2.32. The summed E-state index contributed by atoms with van der Waals surface area (Å²) < 4.78 is 27.6. The number of hydrogen-bond donors (Lipinski definition) is 0. The lowest BCUT2D eigenvalue weighted by Gasteiger charge is -2.28. The monoisotopic (exact) mass is 410 g/mol. The van der Waals surface area contributed by atoms with Gasteiger partial charge < -0.3 is 4.90 Å². The third-order valence-corrected chi connectivity index (χ3v) is 5.20. The molecule has 0 saturated heterocycles. The summed E-state index contributed by atoms with van der Waals surface area (Å²) in [7, 11) is 1.72. The quantitative estimate of drug-likeness (QED) is 0.602. The highest BCUT2D eigenvalue weighted by atomic mass is 19.1. The first-order valence-electron chi connectivity index (χ1n) is 9.52. The summed E-state index contributed by atoms with van der Waals surface area (Å²) in [4.78, 5) is 20.4. The molecule has 4 rings (SSSR count). The summed E-state index contributed by atoms with van der Waals surface area (Å²) in [6.45, 7) is 3.42. The van der Waals surface area contributed by atoms with Crippen LogP contribution in [0, 0.1) is 11.6 Å². The van der Waals surface area contributed by atoms with Crippen LogP contribution in [0.15, 0.2) is 42.1 Å². The second-order valence-corrected chi connectivity index (χ2v) is 7.24. The van der Waals surface area contributed by atoms with Crippen LogP contribution in [0.3, 0.4) is 0 Å². The van der Waals surface area contributed by atoms with Crippen LogP contribution in [0.5, 0.6) is 0 Å². The molecule has 0 atom stereocenters. The Balaban J connectivity index is 1.52. The Bertz CT molecular complexity index is 1100. The number of rotatable bonds is 5. The molecule has 1 aromatic carbocycles. The van der Waals surface area contributed by atoms with E-state index in [9.17, 15) is 13.6 Å². The molecule has 1 aliphatic heterocycles. The molecule has 3 heterocycles. The number of benzene rings is 1. The number of anilines is 1. The van der Waals surface area contributed by atoms with Gasteiger partial charge in [0.2, 0.25) is 0 Å². The summed E-state index contributed by atoms with van der Waals surface area (Å²) >= 11 is 0. The van der Waals surface area contributed by atoms with Gasteiger partial charge in [-0.3, -0.25) is 9.78 Å². The van der Waals surface area contributed by atoms with E-state index in [4.69, 9.17) is 0 Å². The molecule has 2 aromatic heterocycles. The molecular weight excluding hydrogens is 390 g/mol. The lowest BCUT2D eigenvalue weighted by molar-refractivity contribution is 0.0990. The van der Waals surface area contributed by atoms with E-state index in [0.29, 0.717) is 18.1 Å². The zero-order valence-electron chi connectivity index (χ0n) is 16.6. The summed E-state index contributed by atoms with van der Waals surface area (Å²) in [5.41, 5.74) is 3.06. The average Bonchev–Trinajstić information content (AvgIpc) is 3.17. The molecule has 3 aromatic rings. The van der Waals surface area contributed by atoms with Gasteiger partial charge in [-0.25, -0.2) is 8.78 Å². The molecule has 0 spiro atoms. The van der Waals surface area contributed by atoms with Gasteiger partial charge in [-0.2, -0.15) is 4.80 Å². The molecule has 30 heavy (non-hydrogen) atoms. The average molecular weight is 410 g/mol. The van der Waals surface area contributed by atoms with E-state index in [1.807, 2.05) is 4.90 Å². The van der Waals surface area contributed by atoms with Gasteiger partial charge in [0.25, 0.3) is 5.95 Å². The number of carbonyl (C=O) groups is 1. The highest BCUT2D eigenvalue weighted by molar-refractivity contribution is 5.97. The van der Waals surface area contributed by atoms with Crippen molar-refractivity contribution in [1.82, 2.24) is 25.2 Å². The molecule has 0 saturated carbocycles. The van der Waals surface area contributed by atoms with Crippen LogP contribution < -0.4 is 4.90 Å². The summed E-state index contributed by atoms with van der Waals surface area (Å²) in [6, 6.07) is 6.96. The number of tetrazole rings is 1. The lowest BCUT2D eigenvalue weighted by atomic mass is 9.97. The Hall–Kier alpha value is -3.49. The van der Waals surface area contributed by atoms with Crippen molar-refractivity contribution < 1.29 is 13.6 Å². The smallest absolute Gasteiger partial charge is 0.266 e. The summed E-state index contributed by atoms with van der Waals surface area (Å²) in [5, 5.41) is 12.2. The van der Waals surface area contributed by atoms with Crippen molar-refractivity contribution in [3.63, 3.8) is 0 Å². The highest BCUT2D eigenvalue weighted by Gasteiger charge is 2.22. The Morgan fingerprint density at radius 1 is 1.17 bits per heavy atom. The van der Waals surface area contributed by atoms with Gasteiger partial charge in [0.1, 0.15) is 11.6 Å². The Morgan fingerprint density at radius 3 is 2.57 bits per heavy atom. The fourth-order valence-electron chi connectivity index (χ4n) is 3.43. The normalized spacial score (nSPS) is 14.3. The number of Topliss-reactive ketones (excluding diaryl/α,β-unsaturated/α-hetero) is 1. The van der Waals surface area contributed by atoms with Crippen LogP contribution in [-0.4, -0.2) is 44.1 Å². The summed E-state index contributed by atoms with van der Waals surface area (Å²) in [6.07, 6.45) is 1.94. The van der Waals surface area contributed by atoms with Gasteiger partial charge >= 0.3 is 0 Å². The van der Waals surface area contributed by atoms with Crippen molar-refractivity contribution in [1.29, 1.82) is 0 Å². The van der Waals surface area contributed by atoms with Crippen LogP contribution in [-0.2, 0) is 13.5 Å². The minimum Gasteiger partial charge on any atom is -0.333 e. The van der Waals surface area contributed by atoms with Crippen molar-refractivity contribution in [2.24, 2.45) is 7.05 Å². The van der Waals surface area contributed by atoms with E-state index >= 15 is 0 Å². The van der Waals surface area contributed by atoms with E-state index in [1.165, 1.54) is 22.6 Å². The second kappa shape index (κ2) is 8.10. The first kappa shape index (κ1) is 19.8. The Kier molecular flexibility index (Phi) is 5.35. The number of aromatic nitrogens is 5. The van der Waals surface area contributed by atoms with Gasteiger partial charge in [-0.15, -0.1) is 5.10 Å².